The molecule has 0 radical (unpaired) electrons. The number of nitrogens with zero attached hydrogens (tertiary/aromatic N) is 2. The van der Waals surface area contributed by atoms with Crippen LogP contribution in [0.15, 0.2) is 4.90 Å². The smallest absolute Gasteiger partial charge is 0.246 e. The minimum absolute atomic E-state index is 0.134. The first-order chi connectivity index (χ1) is 8.30. The highest BCUT2D eigenvalue weighted by molar-refractivity contribution is 7.89. The van der Waals surface area contributed by atoms with E-state index in [0.717, 1.165) is 4.31 Å². The van der Waals surface area contributed by atoms with Crippen LogP contribution in [0.25, 0.3) is 0 Å². The molecule has 7 nitrogen and oxygen atoms in total. The third-order valence-corrected chi connectivity index (χ3v) is 4.54. The highest BCUT2D eigenvalue weighted by Gasteiger charge is 2.28. The van der Waals surface area contributed by atoms with Crippen LogP contribution in [-0.2, 0) is 14.8 Å². The second kappa shape index (κ2) is 5.49. The lowest BCUT2D eigenvalue weighted by molar-refractivity contribution is -0.121. The van der Waals surface area contributed by atoms with E-state index in [-0.39, 0.29) is 17.3 Å². The minimum Gasteiger partial charge on any atom is -0.355 e. The second-order valence-electron chi connectivity index (χ2n) is 3.98. The molecule has 1 rings (SSSR count). The fourth-order valence-electron chi connectivity index (χ4n) is 1.62. The average molecular weight is 274 g/mol. The first-order valence-electron chi connectivity index (χ1n) is 5.55. The Labute approximate surface area is 107 Å². The summed E-state index contributed by atoms with van der Waals surface area (Å²) in [6.45, 7) is 5.27. The van der Waals surface area contributed by atoms with Gasteiger partial charge >= 0.3 is 0 Å². The number of likely N-dealkylation sites (N-methyl/N-ethyl adjacent to an activating group) is 2. The maximum Gasteiger partial charge on any atom is 0.246 e. The van der Waals surface area contributed by atoms with Gasteiger partial charge in [0.2, 0.25) is 15.9 Å². The van der Waals surface area contributed by atoms with E-state index in [2.05, 4.69) is 15.5 Å². The average Bonchev–Trinajstić information content (AvgIpc) is 2.59. The molecule has 18 heavy (non-hydrogen) atoms. The SMILES string of the molecule is CCNC(=O)CN(C)S(=O)(=O)c1c(C)n[nH]c1C. The zero-order valence-electron chi connectivity index (χ0n) is 10.9. The van der Waals surface area contributed by atoms with Crippen molar-refractivity contribution in [2.45, 2.75) is 25.7 Å². The number of H-pyrrole nitrogens is 1. The molecule has 0 saturated carbocycles. The largest absolute Gasteiger partial charge is 0.355 e. The van der Waals surface area contributed by atoms with Crippen molar-refractivity contribution < 1.29 is 13.2 Å². The molecule has 1 aromatic heterocycles. The highest BCUT2D eigenvalue weighted by Crippen LogP contribution is 2.20. The topological polar surface area (TPSA) is 95.2 Å². The Kier molecular flexibility index (Phi) is 4.47. The van der Waals surface area contributed by atoms with E-state index < -0.39 is 10.0 Å². The number of aryl methyl sites for hydroxylation is 2. The van der Waals surface area contributed by atoms with Crippen LogP contribution >= 0.6 is 0 Å². The molecule has 102 valence electrons. The second-order valence-corrected chi connectivity index (χ2v) is 5.96. The third-order valence-electron chi connectivity index (χ3n) is 2.47. The minimum atomic E-state index is -3.69. The Morgan fingerprint density at radius 2 is 2.06 bits per heavy atom. The molecule has 0 aromatic carbocycles. The van der Waals surface area contributed by atoms with E-state index in [1.54, 1.807) is 20.8 Å². The van der Waals surface area contributed by atoms with Crippen LogP contribution in [0.3, 0.4) is 0 Å². The van der Waals surface area contributed by atoms with Gasteiger partial charge in [0.25, 0.3) is 0 Å². The van der Waals surface area contributed by atoms with Crippen LogP contribution in [0.4, 0.5) is 0 Å². The predicted octanol–water partition coefficient (Wildman–Crippen LogP) is -0.217. The molecule has 0 bridgehead atoms. The van der Waals surface area contributed by atoms with Crippen molar-refractivity contribution in [3.8, 4) is 0 Å². The third kappa shape index (κ3) is 2.88. The quantitative estimate of drug-likeness (QED) is 0.776. The lowest BCUT2D eigenvalue weighted by Crippen LogP contribution is -2.38. The number of aromatic amines is 1. The van der Waals surface area contributed by atoms with Crippen LogP contribution in [0.2, 0.25) is 0 Å². The summed E-state index contributed by atoms with van der Waals surface area (Å²) in [5.74, 6) is -0.331. The Morgan fingerprint density at radius 1 is 1.44 bits per heavy atom. The molecule has 0 aliphatic rings. The van der Waals surface area contributed by atoms with Crippen molar-refractivity contribution in [2.75, 3.05) is 20.1 Å². The van der Waals surface area contributed by atoms with Gasteiger partial charge in [0, 0.05) is 13.6 Å². The monoisotopic (exact) mass is 274 g/mol. The molecule has 8 heteroatoms. The van der Waals surface area contributed by atoms with Crippen molar-refractivity contribution in [2.24, 2.45) is 0 Å². The Hall–Kier alpha value is -1.41. The van der Waals surface area contributed by atoms with E-state index >= 15 is 0 Å². The van der Waals surface area contributed by atoms with Gasteiger partial charge in [-0.25, -0.2) is 8.42 Å². The van der Waals surface area contributed by atoms with E-state index in [1.807, 2.05) is 0 Å². The normalized spacial score (nSPS) is 11.8. The van der Waals surface area contributed by atoms with Gasteiger partial charge in [0.1, 0.15) is 4.90 Å². The van der Waals surface area contributed by atoms with Crippen LogP contribution in [-0.4, -0.2) is 49.0 Å². The van der Waals surface area contributed by atoms with Crippen molar-refractivity contribution in [1.82, 2.24) is 19.8 Å². The first kappa shape index (κ1) is 14.7. The predicted molar refractivity (Wildman–Crippen MR) is 66.6 cm³/mol. The lowest BCUT2D eigenvalue weighted by atomic mass is 10.4. The van der Waals surface area contributed by atoms with Crippen LogP contribution < -0.4 is 5.32 Å². The van der Waals surface area contributed by atoms with Crippen molar-refractivity contribution in [1.29, 1.82) is 0 Å². The van der Waals surface area contributed by atoms with Crippen LogP contribution in [0, 0.1) is 13.8 Å². The lowest BCUT2D eigenvalue weighted by Gasteiger charge is -2.16. The summed E-state index contributed by atoms with van der Waals surface area (Å²) in [6.07, 6.45) is 0. The molecule has 0 aliphatic heterocycles. The maximum absolute atomic E-state index is 12.3. The molecule has 0 saturated heterocycles. The van der Waals surface area contributed by atoms with Crippen LogP contribution in [0.1, 0.15) is 18.3 Å². The number of aromatic nitrogens is 2. The molecule has 0 unspecified atom stereocenters. The van der Waals surface area contributed by atoms with Crippen molar-refractivity contribution in [3.63, 3.8) is 0 Å². The Morgan fingerprint density at radius 3 is 2.50 bits per heavy atom. The number of carbonyl (C=O) groups excluding carboxylic acids is 1. The number of sulfonamides is 1. The molecule has 2 N–H and O–H groups in total. The van der Waals surface area contributed by atoms with Gasteiger partial charge in [-0.1, -0.05) is 0 Å². The van der Waals surface area contributed by atoms with E-state index in [1.165, 1.54) is 7.05 Å². The molecular formula is C10H18N4O3S. The standard InChI is InChI=1S/C10H18N4O3S/c1-5-11-9(15)6-14(4)18(16,17)10-7(2)12-13-8(10)3/h5-6H2,1-4H3,(H,11,15)(H,12,13). The fraction of sp³-hybridized carbons (Fsp3) is 0.600. The van der Waals surface area contributed by atoms with Gasteiger partial charge in [-0.05, 0) is 20.8 Å². The summed E-state index contributed by atoms with van der Waals surface area (Å²) in [7, 11) is -2.32. The molecule has 1 aromatic rings. The van der Waals surface area contributed by atoms with Gasteiger partial charge in [-0.2, -0.15) is 9.40 Å². The summed E-state index contributed by atoms with van der Waals surface area (Å²) in [6, 6.07) is 0. The molecule has 0 fully saturated rings. The molecule has 0 atom stereocenters. The fourth-order valence-corrected chi connectivity index (χ4v) is 3.07. The molecule has 1 heterocycles. The van der Waals surface area contributed by atoms with Crippen molar-refractivity contribution in [3.05, 3.63) is 11.4 Å². The zero-order valence-corrected chi connectivity index (χ0v) is 11.8. The number of hydrogen-bond acceptors (Lipinski definition) is 4. The van der Waals surface area contributed by atoms with Gasteiger partial charge in [-0.15, -0.1) is 0 Å². The summed E-state index contributed by atoms with van der Waals surface area (Å²) in [5, 5.41) is 9.02. The highest BCUT2D eigenvalue weighted by atomic mass is 32.2. The van der Waals surface area contributed by atoms with Crippen LogP contribution in [0.5, 0.6) is 0 Å². The van der Waals surface area contributed by atoms with Gasteiger partial charge < -0.3 is 5.32 Å². The van der Waals surface area contributed by atoms with Gasteiger partial charge in [0.05, 0.1) is 17.9 Å². The van der Waals surface area contributed by atoms with Gasteiger partial charge in [-0.3, -0.25) is 9.89 Å². The number of amides is 1. The Bertz CT molecular complexity index is 516. The number of rotatable bonds is 5. The van der Waals surface area contributed by atoms with E-state index in [0.29, 0.717) is 17.9 Å². The zero-order chi connectivity index (χ0) is 13.9. The molecule has 1 amide bonds. The first-order valence-corrected chi connectivity index (χ1v) is 6.99. The van der Waals surface area contributed by atoms with Gasteiger partial charge in [0.15, 0.2) is 0 Å². The number of nitrogens with one attached hydrogen (secondary N) is 2. The van der Waals surface area contributed by atoms with Crippen molar-refractivity contribution >= 4 is 15.9 Å². The number of carbonyl (C=O) groups is 1. The molecule has 0 spiro atoms. The summed E-state index contributed by atoms with van der Waals surface area (Å²) < 4.78 is 25.5. The summed E-state index contributed by atoms with van der Waals surface area (Å²) >= 11 is 0. The van der Waals surface area contributed by atoms with E-state index in [4.69, 9.17) is 0 Å². The van der Waals surface area contributed by atoms with E-state index in [9.17, 15) is 13.2 Å². The molecule has 0 aliphatic carbocycles. The number of hydrogen-bond donors (Lipinski definition) is 2. The molecular weight excluding hydrogens is 256 g/mol. The summed E-state index contributed by atoms with van der Waals surface area (Å²) in [5.41, 5.74) is 0.866. The Balaban J connectivity index is 2.97. The maximum atomic E-state index is 12.3. The summed E-state index contributed by atoms with van der Waals surface area (Å²) in [4.78, 5) is 11.5.